The van der Waals surface area contributed by atoms with Crippen LogP contribution in [-0.4, -0.2) is 30.3 Å². The molecular formula is C20H21N5O. The normalized spacial score (nSPS) is 16.6. The molecule has 0 aliphatic carbocycles. The molecule has 0 radical (unpaired) electrons. The van der Waals surface area contributed by atoms with Crippen LogP contribution >= 0.6 is 0 Å². The molecule has 0 spiro atoms. The lowest BCUT2D eigenvalue weighted by Crippen LogP contribution is -2.41. The highest BCUT2D eigenvalue weighted by molar-refractivity contribution is 5.94. The van der Waals surface area contributed by atoms with E-state index in [4.69, 9.17) is 0 Å². The van der Waals surface area contributed by atoms with Gasteiger partial charge >= 0.3 is 0 Å². The van der Waals surface area contributed by atoms with Crippen molar-refractivity contribution >= 4 is 5.91 Å². The molecule has 6 heteroatoms. The summed E-state index contributed by atoms with van der Waals surface area (Å²) in [7, 11) is 0. The average Bonchev–Trinajstić information content (AvgIpc) is 3.14. The third-order valence-electron chi connectivity index (χ3n) is 4.74. The minimum Gasteiger partial charge on any atom is -0.331 e. The molecule has 1 amide bonds. The second-order valence-electron chi connectivity index (χ2n) is 6.84. The Balaban J connectivity index is 1.68. The molecule has 0 bridgehead atoms. The van der Waals surface area contributed by atoms with Gasteiger partial charge in [0.25, 0.3) is 5.91 Å². The second-order valence-corrected chi connectivity index (χ2v) is 6.84. The summed E-state index contributed by atoms with van der Waals surface area (Å²) in [5.74, 6) is 1.81. The van der Waals surface area contributed by atoms with Crippen LogP contribution in [0.4, 0.5) is 0 Å². The Morgan fingerprint density at radius 2 is 1.85 bits per heavy atom. The van der Waals surface area contributed by atoms with Crippen LogP contribution in [0, 0.1) is 0 Å². The predicted octanol–water partition coefficient (Wildman–Crippen LogP) is 3.19. The summed E-state index contributed by atoms with van der Waals surface area (Å²) in [4.78, 5) is 28.2. The van der Waals surface area contributed by atoms with Crippen LogP contribution in [0.3, 0.4) is 0 Å². The molecule has 0 fully saturated rings. The van der Waals surface area contributed by atoms with Crippen LogP contribution in [-0.2, 0) is 13.1 Å². The first-order chi connectivity index (χ1) is 12.6. The van der Waals surface area contributed by atoms with Gasteiger partial charge in [-0.3, -0.25) is 4.79 Å². The topological polar surface area (TPSA) is 63.9 Å². The standard InChI is InChI=1S/C20H21N5O/c1-14(2)19-22-10-16(11-23-19)20(26)25-13-18-21-8-9-24(18)12-17(25)15-6-4-3-5-7-15/h3-11,14,17H,12-13H2,1-2H3/t17-/m1/s1. The Hall–Kier alpha value is -3.02. The number of rotatable bonds is 3. The van der Waals surface area contributed by atoms with Crippen molar-refractivity contribution in [1.82, 2.24) is 24.4 Å². The highest BCUT2D eigenvalue weighted by Gasteiger charge is 2.32. The number of benzene rings is 1. The number of nitrogens with zero attached hydrogens (tertiary/aromatic N) is 5. The average molecular weight is 347 g/mol. The summed E-state index contributed by atoms with van der Waals surface area (Å²) >= 11 is 0. The van der Waals surface area contributed by atoms with Gasteiger partial charge in [0, 0.05) is 37.3 Å². The molecule has 1 aliphatic rings. The summed E-state index contributed by atoms with van der Waals surface area (Å²) in [5.41, 5.74) is 1.62. The SMILES string of the molecule is CC(C)c1ncc(C(=O)N2Cc3nccn3C[C@@H]2c2ccccc2)cn1. The van der Waals surface area contributed by atoms with Crippen molar-refractivity contribution in [3.8, 4) is 0 Å². The molecule has 0 saturated heterocycles. The number of carbonyl (C=O) groups is 1. The number of amides is 1. The van der Waals surface area contributed by atoms with Gasteiger partial charge in [-0.25, -0.2) is 15.0 Å². The van der Waals surface area contributed by atoms with Crippen molar-refractivity contribution in [3.63, 3.8) is 0 Å². The van der Waals surface area contributed by atoms with Crippen LogP contribution in [0.5, 0.6) is 0 Å². The van der Waals surface area contributed by atoms with E-state index in [9.17, 15) is 4.79 Å². The van der Waals surface area contributed by atoms with Gasteiger partial charge < -0.3 is 9.47 Å². The van der Waals surface area contributed by atoms with E-state index in [-0.39, 0.29) is 17.9 Å². The van der Waals surface area contributed by atoms with Crippen molar-refractivity contribution in [2.24, 2.45) is 0 Å². The number of hydrogen-bond acceptors (Lipinski definition) is 4. The number of imidazole rings is 1. The van der Waals surface area contributed by atoms with Gasteiger partial charge in [-0.15, -0.1) is 0 Å². The van der Waals surface area contributed by atoms with Crippen LogP contribution in [0.2, 0.25) is 0 Å². The van der Waals surface area contributed by atoms with Gasteiger partial charge in [-0.05, 0) is 5.56 Å². The molecule has 0 saturated carbocycles. The highest BCUT2D eigenvalue weighted by atomic mass is 16.2. The van der Waals surface area contributed by atoms with E-state index in [2.05, 4.69) is 31.7 Å². The second kappa shape index (κ2) is 6.71. The molecule has 0 unspecified atom stereocenters. The summed E-state index contributed by atoms with van der Waals surface area (Å²) < 4.78 is 2.11. The molecule has 0 N–H and O–H groups in total. The van der Waals surface area contributed by atoms with E-state index >= 15 is 0 Å². The molecule has 2 aromatic heterocycles. The Labute approximate surface area is 152 Å². The Morgan fingerprint density at radius 3 is 2.54 bits per heavy atom. The lowest BCUT2D eigenvalue weighted by atomic mass is 10.0. The molecule has 4 rings (SSSR count). The largest absolute Gasteiger partial charge is 0.331 e. The van der Waals surface area contributed by atoms with E-state index in [1.165, 1.54) is 0 Å². The smallest absolute Gasteiger partial charge is 0.257 e. The van der Waals surface area contributed by atoms with E-state index in [1.54, 1.807) is 18.6 Å². The molecule has 26 heavy (non-hydrogen) atoms. The van der Waals surface area contributed by atoms with Crippen LogP contribution in [0.15, 0.2) is 55.1 Å². The Kier molecular flexibility index (Phi) is 4.24. The molecule has 3 aromatic rings. The quantitative estimate of drug-likeness (QED) is 0.730. The first kappa shape index (κ1) is 16.4. The zero-order valence-electron chi connectivity index (χ0n) is 14.9. The molecule has 1 aliphatic heterocycles. The van der Waals surface area contributed by atoms with E-state index in [0.29, 0.717) is 18.7 Å². The number of aromatic nitrogens is 4. The Morgan fingerprint density at radius 1 is 1.12 bits per heavy atom. The van der Waals surface area contributed by atoms with Crippen molar-refractivity contribution in [2.75, 3.05) is 0 Å². The molecule has 6 nitrogen and oxygen atoms in total. The fourth-order valence-electron chi connectivity index (χ4n) is 3.29. The fourth-order valence-corrected chi connectivity index (χ4v) is 3.29. The minimum absolute atomic E-state index is 0.0461. The van der Waals surface area contributed by atoms with Crippen molar-refractivity contribution in [2.45, 2.75) is 38.9 Å². The van der Waals surface area contributed by atoms with Gasteiger partial charge in [0.1, 0.15) is 11.6 Å². The lowest BCUT2D eigenvalue weighted by molar-refractivity contribution is 0.0583. The molecule has 132 valence electrons. The van der Waals surface area contributed by atoms with Crippen molar-refractivity contribution < 1.29 is 4.79 Å². The third kappa shape index (κ3) is 2.98. The molecular weight excluding hydrogens is 326 g/mol. The zero-order valence-corrected chi connectivity index (χ0v) is 14.9. The summed E-state index contributed by atoms with van der Waals surface area (Å²) in [6.45, 7) is 5.23. The number of fused-ring (bicyclic) bond motifs is 1. The van der Waals surface area contributed by atoms with Gasteiger partial charge in [0.2, 0.25) is 0 Å². The predicted molar refractivity (Wildman–Crippen MR) is 97.4 cm³/mol. The molecule has 1 atom stereocenters. The Bertz CT molecular complexity index is 901. The third-order valence-corrected chi connectivity index (χ3v) is 4.74. The maximum atomic E-state index is 13.2. The van der Waals surface area contributed by atoms with Crippen LogP contribution < -0.4 is 0 Å². The van der Waals surface area contributed by atoms with Crippen LogP contribution in [0.25, 0.3) is 0 Å². The maximum Gasteiger partial charge on any atom is 0.257 e. The summed E-state index contributed by atoms with van der Waals surface area (Å²) in [5, 5.41) is 0. The lowest BCUT2D eigenvalue weighted by Gasteiger charge is -2.36. The van der Waals surface area contributed by atoms with Gasteiger partial charge in [-0.1, -0.05) is 44.2 Å². The maximum absolute atomic E-state index is 13.2. The van der Waals surface area contributed by atoms with Crippen molar-refractivity contribution in [1.29, 1.82) is 0 Å². The minimum atomic E-state index is -0.0663. The van der Waals surface area contributed by atoms with E-state index < -0.39 is 0 Å². The first-order valence-electron chi connectivity index (χ1n) is 8.81. The van der Waals surface area contributed by atoms with Gasteiger partial charge in [-0.2, -0.15) is 0 Å². The number of carbonyl (C=O) groups excluding carboxylic acids is 1. The fraction of sp³-hybridized carbons (Fsp3) is 0.300. The molecule has 1 aromatic carbocycles. The summed E-state index contributed by atoms with van der Waals surface area (Å²) in [6.07, 6.45) is 7.02. The van der Waals surface area contributed by atoms with Gasteiger partial charge in [0.05, 0.1) is 18.2 Å². The monoisotopic (exact) mass is 347 g/mol. The van der Waals surface area contributed by atoms with Gasteiger partial charge in [0.15, 0.2) is 0 Å². The first-order valence-corrected chi connectivity index (χ1v) is 8.81. The number of hydrogen-bond donors (Lipinski definition) is 0. The van der Waals surface area contributed by atoms with E-state index in [0.717, 1.165) is 17.2 Å². The summed E-state index contributed by atoms with van der Waals surface area (Å²) in [6, 6.07) is 10.1. The van der Waals surface area contributed by atoms with Crippen LogP contribution in [0.1, 0.15) is 53.4 Å². The zero-order chi connectivity index (χ0) is 18.1. The van der Waals surface area contributed by atoms with Crippen molar-refractivity contribution in [3.05, 3.63) is 77.9 Å². The van der Waals surface area contributed by atoms with E-state index in [1.807, 2.05) is 43.1 Å². The molecule has 3 heterocycles. The highest BCUT2D eigenvalue weighted by Crippen LogP contribution is 2.30.